The van der Waals surface area contributed by atoms with Gasteiger partial charge >= 0.3 is 0 Å². The zero-order chi connectivity index (χ0) is 19.1. The van der Waals surface area contributed by atoms with Gasteiger partial charge in [0.1, 0.15) is 5.75 Å². The van der Waals surface area contributed by atoms with Crippen molar-refractivity contribution in [2.24, 2.45) is 5.92 Å². The molecule has 0 amide bonds. The summed E-state index contributed by atoms with van der Waals surface area (Å²) < 4.78 is 11.2. The van der Waals surface area contributed by atoms with Gasteiger partial charge < -0.3 is 9.26 Å². The summed E-state index contributed by atoms with van der Waals surface area (Å²) in [5.74, 6) is 2.05. The van der Waals surface area contributed by atoms with Gasteiger partial charge in [0.2, 0.25) is 0 Å². The SMILES string of the molecule is COc1cc2c(cc1/C(=C/c1ccno1)C(C)C)C(C)(C)CCC2(C)C. The number of allylic oxidation sites excluding steroid dienone is 1. The summed E-state index contributed by atoms with van der Waals surface area (Å²) in [7, 11) is 1.76. The molecule has 0 fully saturated rings. The number of methoxy groups -OCH3 is 1. The second-order valence-electron chi connectivity index (χ2n) is 9.04. The highest BCUT2D eigenvalue weighted by molar-refractivity contribution is 5.84. The van der Waals surface area contributed by atoms with Crippen LogP contribution in [0.4, 0.5) is 0 Å². The maximum absolute atomic E-state index is 5.84. The standard InChI is InChI=1S/C23H31NO2/c1-15(2)17(12-16-8-11-24-26-16)18-13-19-20(14-21(18)25-7)23(5,6)10-9-22(19,3)4/h8,11-15H,9-10H2,1-7H3/b17-12+. The molecular formula is C23H31NO2. The van der Waals surface area contributed by atoms with E-state index in [0.717, 1.165) is 17.1 Å². The molecule has 0 bridgehead atoms. The molecule has 1 aromatic carbocycles. The van der Waals surface area contributed by atoms with Crippen molar-refractivity contribution in [1.29, 1.82) is 0 Å². The maximum atomic E-state index is 5.84. The predicted octanol–water partition coefficient (Wildman–Crippen LogP) is 6.23. The van der Waals surface area contributed by atoms with E-state index >= 15 is 0 Å². The summed E-state index contributed by atoms with van der Waals surface area (Å²) in [4.78, 5) is 0. The molecule has 0 saturated carbocycles. The number of nitrogens with zero attached hydrogens (tertiary/aromatic N) is 1. The van der Waals surface area contributed by atoms with E-state index in [1.165, 1.54) is 29.5 Å². The van der Waals surface area contributed by atoms with Gasteiger partial charge in [0.05, 0.1) is 13.3 Å². The minimum Gasteiger partial charge on any atom is -0.496 e. The lowest BCUT2D eigenvalue weighted by Crippen LogP contribution is -2.34. The minimum atomic E-state index is 0.167. The highest BCUT2D eigenvalue weighted by atomic mass is 16.5. The molecule has 2 aromatic rings. The number of benzene rings is 1. The Morgan fingerprint density at radius 1 is 1.12 bits per heavy atom. The summed E-state index contributed by atoms with van der Waals surface area (Å²) in [6, 6.07) is 6.51. The van der Waals surface area contributed by atoms with Crippen molar-refractivity contribution in [2.45, 2.75) is 65.2 Å². The third kappa shape index (κ3) is 3.32. The largest absolute Gasteiger partial charge is 0.496 e. The van der Waals surface area contributed by atoms with Gasteiger partial charge in [-0.1, -0.05) is 46.7 Å². The highest BCUT2D eigenvalue weighted by Gasteiger charge is 2.38. The van der Waals surface area contributed by atoms with E-state index in [2.05, 4.69) is 64.9 Å². The second kappa shape index (κ2) is 6.61. The van der Waals surface area contributed by atoms with E-state index < -0.39 is 0 Å². The van der Waals surface area contributed by atoms with E-state index in [1.54, 1.807) is 13.3 Å². The molecule has 0 N–H and O–H groups in total. The molecule has 1 aliphatic rings. The topological polar surface area (TPSA) is 35.3 Å². The van der Waals surface area contributed by atoms with Crippen molar-refractivity contribution in [3.05, 3.63) is 46.8 Å². The van der Waals surface area contributed by atoms with Crippen LogP contribution in [0.2, 0.25) is 0 Å². The van der Waals surface area contributed by atoms with E-state index in [-0.39, 0.29) is 10.8 Å². The molecule has 1 aromatic heterocycles. The lowest BCUT2D eigenvalue weighted by Gasteiger charge is -2.42. The first kappa shape index (κ1) is 18.8. The van der Waals surface area contributed by atoms with Crippen molar-refractivity contribution in [3.8, 4) is 5.75 Å². The minimum absolute atomic E-state index is 0.167. The number of fused-ring (bicyclic) bond motifs is 1. The molecule has 0 aliphatic heterocycles. The van der Waals surface area contributed by atoms with Crippen LogP contribution in [-0.4, -0.2) is 12.3 Å². The molecule has 0 spiro atoms. The predicted molar refractivity (Wildman–Crippen MR) is 107 cm³/mol. The van der Waals surface area contributed by atoms with E-state index in [9.17, 15) is 0 Å². The number of ether oxygens (including phenoxy) is 1. The molecule has 3 nitrogen and oxygen atoms in total. The van der Waals surface area contributed by atoms with Crippen molar-refractivity contribution < 1.29 is 9.26 Å². The Morgan fingerprint density at radius 2 is 1.73 bits per heavy atom. The van der Waals surface area contributed by atoms with Crippen LogP contribution in [0.15, 0.2) is 28.9 Å². The van der Waals surface area contributed by atoms with Gasteiger partial charge in [-0.05, 0) is 64.5 Å². The van der Waals surface area contributed by atoms with E-state index in [1.807, 2.05) is 6.07 Å². The Kier molecular flexibility index (Phi) is 4.76. The molecule has 0 atom stereocenters. The lowest BCUT2D eigenvalue weighted by atomic mass is 9.62. The molecule has 0 radical (unpaired) electrons. The Bertz CT molecular complexity index is 811. The van der Waals surface area contributed by atoms with Gasteiger partial charge in [0, 0.05) is 11.6 Å². The summed E-state index contributed by atoms with van der Waals surface area (Å²) in [6.07, 6.45) is 6.16. The molecule has 140 valence electrons. The Labute approximate surface area is 157 Å². The van der Waals surface area contributed by atoms with Crippen molar-refractivity contribution in [2.75, 3.05) is 7.11 Å². The van der Waals surface area contributed by atoms with Crippen molar-refractivity contribution in [3.63, 3.8) is 0 Å². The van der Waals surface area contributed by atoms with E-state index in [4.69, 9.17) is 9.26 Å². The average Bonchev–Trinajstić information content (AvgIpc) is 3.09. The van der Waals surface area contributed by atoms with Gasteiger partial charge in [0.15, 0.2) is 5.76 Å². The fourth-order valence-corrected chi connectivity index (χ4v) is 4.00. The molecule has 0 unspecified atom stereocenters. The van der Waals surface area contributed by atoms with Gasteiger partial charge in [0.25, 0.3) is 0 Å². The fourth-order valence-electron chi connectivity index (χ4n) is 4.00. The summed E-state index contributed by atoms with van der Waals surface area (Å²) in [6.45, 7) is 13.8. The first-order chi connectivity index (χ1) is 12.2. The highest BCUT2D eigenvalue weighted by Crippen LogP contribution is 2.49. The van der Waals surface area contributed by atoms with Gasteiger partial charge in [-0.15, -0.1) is 0 Å². The zero-order valence-corrected chi connectivity index (χ0v) is 17.1. The van der Waals surface area contributed by atoms with Crippen LogP contribution in [0.25, 0.3) is 11.6 Å². The Morgan fingerprint density at radius 3 is 2.23 bits per heavy atom. The fraction of sp³-hybridized carbons (Fsp3) is 0.522. The van der Waals surface area contributed by atoms with Crippen LogP contribution in [0.3, 0.4) is 0 Å². The summed E-state index contributed by atoms with van der Waals surface area (Å²) >= 11 is 0. The third-order valence-corrected chi connectivity index (χ3v) is 5.86. The number of hydrogen-bond acceptors (Lipinski definition) is 3. The van der Waals surface area contributed by atoms with Crippen molar-refractivity contribution >= 4 is 11.6 Å². The van der Waals surface area contributed by atoms with Crippen molar-refractivity contribution in [1.82, 2.24) is 5.16 Å². The number of aromatic nitrogens is 1. The van der Waals surface area contributed by atoms with Gasteiger partial charge in [-0.3, -0.25) is 0 Å². The lowest BCUT2D eigenvalue weighted by molar-refractivity contribution is 0.328. The number of rotatable bonds is 4. The molecule has 1 aliphatic carbocycles. The van der Waals surface area contributed by atoms with E-state index in [0.29, 0.717) is 5.92 Å². The maximum Gasteiger partial charge on any atom is 0.159 e. The van der Waals surface area contributed by atoms with Crippen LogP contribution in [0, 0.1) is 5.92 Å². The monoisotopic (exact) mass is 353 g/mol. The second-order valence-corrected chi connectivity index (χ2v) is 9.04. The van der Waals surface area contributed by atoms with Crippen LogP contribution in [-0.2, 0) is 10.8 Å². The normalized spacial score (nSPS) is 18.7. The van der Waals surface area contributed by atoms with Crippen LogP contribution < -0.4 is 4.74 Å². The Hall–Kier alpha value is -2.03. The summed E-state index contributed by atoms with van der Waals surface area (Å²) in [5.41, 5.74) is 5.55. The zero-order valence-electron chi connectivity index (χ0n) is 17.1. The smallest absolute Gasteiger partial charge is 0.159 e. The molecule has 3 rings (SSSR count). The van der Waals surface area contributed by atoms with Crippen LogP contribution >= 0.6 is 0 Å². The third-order valence-electron chi connectivity index (χ3n) is 5.86. The molecular weight excluding hydrogens is 322 g/mol. The number of hydrogen-bond donors (Lipinski definition) is 0. The first-order valence-electron chi connectivity index (χ1n) is 9.51. The summed E-state index contributed by atoms with van der Waals surface area (Å²) in [5, 5.41) is 3.83. The Balaban J connectivity index is 2.24. The first-order valence-corrected chi connectivity index (χ1v) is 9.51. The molecule has 0 saturated heterocycles. The molecule has 3 heteroatoms. The van der Waals surface area contributed by atoms with Crippen LogP contribution in [0.5, 0.6) is 5.75 Å². The quantitative estimate of drug-likeness (QED) is 0.653. The molecule has 26 heavy (non-hydrogen) atoms. The van der Waals surface area contributed by atoms with Gasteiger partial charge in [-0.2, -0.15) is 0 Å². The van der Waals surface area contributed by atoms with Gasteiger partial charge in [-0.25, -0.2) is 0 Å². The average molecular weight is 354 g/mol. The molecule has 1 heterocycles. The van der Waals surface area contributed by atoms with Crippen LogP contribution in [0.1, 0.15) is 76.8 Å².